The molecule has 0 aliphatic heterocycles. The Morgan fingerprint density at radius 1 is 1.61 bits per heavy atom. The number of carbonyl (C=O) groups is 1. The number of aliphatic carboxylic acids is 1. The first-order valence-electron chi connectivity index (χ1n) is 5.66. The van der Waals surface area contributed by atoms with E-state index in [-0.39, 0.29) is 17.1 Å². The second-order valence-electron chi connectivity index (χ2n) is 3.93. The minimum Gasteiger partial charge on any atom is -0.480 e. The molecule has 18 heavy (non-hydrogen) atoms. The molecule has 0 radical (unpaired) electrons. The lowest BCUT2D eigenvalue weighted by atomic mass is 10.2. The predicted molar refractivity (Wildman–Crippen MR) is 63.9 cm³/mol. The van der Waals surface area contributed by atoms with Crippen molar-refractivity contribution in [2.75, 3.05) is 5.32 Å². The lowest BCUT2D eigenvalue weighted by Gasteiger charge is -2.10. The van der Waals surface area contributed by atoms with E-state index in [2.05, 4.69) is 10.3 Å². The largest absolute Gasteiger partial charge is 0.480 e. The fourth-order valence-corrected chi connectivity index (χ4v) is 1.67. The fraction of sp³-hybridized carbons (Fsp3) is 0.333. The van der Waals surface area contributed by atoms with Crippen molar-refractivity contribution in [2.24, 2.45) is 0 Å². The summed E-state index contributed by atoms with van der Waals surface area (Å²) < 4.78 is 18.6. The first kappa shape index (κ1) is 12.3. The molecule has 1 aromatic heterocycles. The first-order chi connectivity index (χ1) is 8.61. The Balaban J connectivity index is 2.26. The molecule has 1 atom stereocenters. The summed E-state index contributed by atoms with van der Waals surface area (Å²) >= 11 is 0. The molecule has 2 N–H and O–H groups in total. The highest BCUT2D eigenvalue weighted by atomic mass is 19.1. The zero-order chi connectivity index (χ0) is 13.1. The summed E-state index contributed by atoms with van der Waals surface area (Å²) in [5.41, 5.74) is 0.388. The van der Waals surface area contributed by atoms with Gasteiger partial charge in [-0.15, -0.1) is 0 Å². The Labute approximate surface area is 103 Å². The molecule has 2 rings (SSSR count). The van der Waals surface area contributed by atoms with Crippen LogP contribution in [0.5, 0.6) is 0 Å². The number of rotatable bonds is 5. The van der Waals surface area contributed by atoms with Crippen molar-refractivity contribution in [1.82, 2.24) is 4.98 Å². The van der Waals surface area contributed by atoms with E-state index in [0.29, 0.717) is 12.8 Å². The van der Waals surface area contributed by atoms with Crippen molar-refractivity contribution in [1.29, 1.82) is 0 Å². The number of nitrogens with zero attached hydrogens (tertiary/aromatic N) is 1. The smallest absolute Gasteiger partial charge is 0.326 e. The van der Waals surface area contributed by atoms with Gasteiger partial charge in [0.2, 0.25) is 0 Å². The van der Waals surface area contributed by atoms with E-state index < -0.39 is 17.8 Å². The summed E-state index contributed by atoms with van der Waals surface area (Å²) in [5, 5.41) is 11.6. The van der Waals surface area contributed by atoms with Crippen LogP contribution in [-0.2, 0) is 4.79 Å². The average Bonchev–Trinajstić information content (AvgIpc) is 2.72. The minimum atomic E-state index is -0.987. The molecule has 0 bridgehead atoms. The van der Waals surface area contributed by atoms with Gasteiger partial charge in [-0.1, -0.05) is 19.4 Å². The molecule has 2 aromatic rings. The average molecular weight is 252 g/mol. The third-order valence-electron chi connectivity index (χ3n) is 2.54. The van der Waals surface area contributed by atoms with E-state index in [1.54, 1.807) is 6.07 Å². The number of benzene rings is 1. The first-order valence-corrected chi connectivity index (χ1v) is 5.66. The minimum absolute atomic E-state index is 0.0240. The molecule has 0 aliphatic carbocycles. The van der Waals surface area contributed by atoms with Gasteiger partial charge in [0.25, 0.3) is 6.01 Å². The Morgan fingerprint density at radius 2 is 2.39 bits per heavy atom. The summed E-state index contributed by atoms with van der Waals surface area (Å²) in [4.78, 5) is 14.9. The van der Waals surface area contributed by atoms with E-state index in [0.717, 1.165) is 0 Å². The molecule has 0 spiro atoms. The third-order valence-corrected chi connectivity index (χ3v) is 2.54. The van der Waals surface area contributed by atoms with Gasteiger partial charge in [0, 0.05) is 0 Å². The molecule has 6 heteroatoms. The van der Waals surface area contributed by atoms with Gasteiger partial charge in [-0.3, -0.25) is 0 Å². The van der Waals surface area contributed by atoms with Crippen molar-refractivity contribution in [3.63, 3.8) is 0 Å². The van der Waals surface area contributed by atoms with Crippen LogP contribution in [0.2, 0.25) is 0 Å². The standard InChI is InChI=1S/C12H13FN2O3/c1-2-4-8(11(16)17)14-12-15-10-7(13)5-3-6-9(10)18-12/h3,5-6,8H,2,4H2,1H3,(H,14,15)(H,16,17). The summed E-state index contributed by atoms with van der Waals surface area (Å²) in [6.07, 6.45) is 1.15. The maximum Gasteiger partial charge on any atom is 0.326 e. The maximum absolute atomic E-state index is 13.4. The quantitative estimate of drug-likeness (QED) is 0.855. The van der Waals surface area contributed by atoms with E-state index >= 15 is 0 Å². The Kier molecular flexibility index (Phi) is 3.45. The number of anilines is 1. The van der Waals surface area contributed by atoms with Crippen LogP contribution in [-0.4, -0.2) is 22.1 Å². The number of carboxylic acid groups (broad SMARTS) is 1. The van der Waals surface area contributed by atoms with Crippen LogP contribution >= 0.6 is 0 Å². The van der Waals surface area contributed by atoms with E-state index in [1.807, 2.05) is 6.92 Å². The highest BCUT2D eigenvalue weighted by molar-refractivity contribution is 5.78. The number of hydrogen-bond acceptors (Lipinski definition) is 4. The molecule has 96 valence electrons. The molecule has 5 nitrogen and oxygen atoms in total. The molecule has 0 fully saturated rings. The van der Waals surface area contributed by atoms with Crippen LogP contribution in [0.3, 0.4) is 0 Å². The predicted octanol–water partition coefficient (Wildman–Crippen LogP) is 2.63. The molecule has 1 aromatic carbocycles. The van der Waals surface area contributed by atoms with Crippen molar-refractivity contribution >= 4 is 23.1 Å². The van der Waals surface area contributed by atoms with Gasteiger partial charge in [-0.25, -0.2) is 9.18 Å². The van der Waals surface area contributed by atoms with Crippen molar-refractivity contribution in [3.05, 3.63) is 24.0 Å². The topological polar surface area (TPSA) is 75.4 Å². The van der Waals surface area contributed by atoms with Gasteiger partial charge < -0.3 is 14.8 Å². The number of aromatic nitrogens is 1. The van der Waals surface area contributed by atoms with Gasteiger partial charge in [-0.05, 0) is 18.6 Å². The second-order valence-corrected chi connectivity index (χ2v) is 3.93. The van der Waals surface area contributed by atoms with E-state index in [1.165, 1.54) is 12.1 Å². The monoisotopic (exact) mass is 252 g/mol. The lowest BCUT2D eigenvalue weighted by molar-refractivity contribution is -0.138. The molecule has 0 amide bonds. The highest BCUT2D eigenvalue weighted by Crippen LogP contribution is 2.22. The number of fused-ring (bicyclic) bond motifs is 1. The number of hydrogen-bond donors (Lipinski definition) is 2. The Hall–Kier alpha value is -2.11. The maximum atomic E-state index is 13.4. The molecule has 0 saturated heterocycles. The van der Waals surface area contributed by atoms with E-state index in [9.17, 15) is 9.18 Å². The molecular formula is C12H13FN2O3. The molecule has 1 heterocycles. The molecule has 0 aliphatic rings. The molecular weight excluding hydrogens is 239 g/mol. The van der Waals surface area contributed by atoms with Gasteiger partial charge >= 0.3 is 5.97 Å². The van der Waals surface area contributed by atoms with Crippen LogP contribution in [0.4, 0.5) is 10.4 Å². The van der Waals surface area contributed by atoms with Crippen LogP contribution in [0, 0.1) is 5.82 Å². The van der Waals surface area contributed by atoms with Crippen LogP contribution in [0.15, 0.2) is 22.6 Å². The van der Waals surface area contributed by atoms with Gasteiger partial charge in [0.1, 0.15) is 11.6 Å². The van der Waals surface area contributed by atoms with Crippen LogP contribution in [0.1, 0.15) is 19.8 Å². The van der Waals surface area contributed by atoms with Gasteiger partial charge in [0.05, 0.1) is 0 Å². The second kappa shape index (κ2) is 5.03. The lowest BCUT2D eigenvalue weighted by Crippen LogP contribution is -2.29. The zero-order valence-electron chi connectivity index (χ0n) is 9.81. The Bertz CT molecular complexity index is 567. The summed E-state index contributed by atoms with van der Waals surface area (Å²) in [6, 6.07) is 3.59. The third kappa shape index (κ3) is 2.42. The van der Waals surface area contributed by atoms with Crippen molar-refractivity contribution < 1.29 is 18.7 Å². The number of para-hydroxylation sites is 1. The van der Waals surface area contributed by atoms with Crippen LogP contribution < -0.4 is 5.32 Å². The van der Waals surface area contributed by atoms with Gasteiger partial charge in [0.15, 0.2) is 11.4 Å². The van der Waals surface area contributed by atoms with Crippen molar-refractivity contribution in [2.45, 2.75) is 25.8 Å². The summed E-state index contributed by atoms with van der Waals surface area (Å²) in [7, 11) is 0. The van der Waals surface area contributed by atoms with E-state index in [4.69, 9.17) is 9.52 Å². The molecule has 0 saturated carbocycles. The van der Waals surface area contributed by atoms with Gasteiger partial charge in [-0.2, -0.15) is 4.98 Å². The number of halogens is 1. The number of carboxylic acids is 1. The number of nitrogens with one attached hydrogen (secondary N) is 1. The highest BCUT2D eigenvalue weighted by Gasteiger charge is 2.19. The SMILES string of the molecule is CCCC(Nc1nc2c(F)cccc2o1)C(=O)O. The normalized spacial score (nSPS) is 12.6. The summed E-state index contributed by atoms with van der Waals surface area (Å²) in [5.74, 6) is -1.48. The number of oxazole rings is 1. The fourth-order valence-electron chi connectivity index (χ4n) is 1.67. The summed E-state index contributed by atoms with van der Waals surface area (Å²) in [6.45, 7) is 1.88. The zero-order valence-corrected chi connectivity index (χ0v) is 9.81. The van der Waals surface area contributed by atoms with Crippen LogP contribution in [0.25, 0.3) is 11.1 Å². The Morgan fingerprint density at radius 3 is 3.00 bits per heavy atom. The molecule has 1 unspecified atom stereocenters. The van der Waals surface area contributed by atoms with Crippen molar-refractivity contribution in [3.8, 4) is 0 Å².